The molecule has 0 radical (unpaired) electrons. The van der Waals surface area contributed by atoms with E-state index < -0.39 is 10.8 Å². The Balaban J connectivity index is 1.94. The van der Waals surface area contributed by atoms with E-state index in [-0.39, 0.29) is 29.4 Å². The van der Waals surface area contributed by atoms with Gasteiger partial charge in [0.1, 0.15) is 17.9 Å². The highest BCUT2D eigenvalue weighted by molar-refractivity contribution is 6.31. The van der Waals surface area contributed by atoms with Crippen molar-refractivity contribution < 1.29 is 14.5 Å². The van der Waals surface area contributed by atoms with Crippen LogP contribution in [0.25, 0.3) is 0 Å². The molecule has 0 unspecified atom stereocenters. The number of carbonyl (C=O) groups excluding carboxylic acids is 1. The second kappa shape index (κ2) is 7.79. The number of nitrogens with one attached hydrogen (secondary N) is 1. The summed E-state index contributed by atoms with van der Waals surface area (Å²) in [5.41, 5.74) is 1.82. The molecule has 6 nitrogen and oxygen atoms in total. The summed E-state index contributed by atoms with van der Waals surface area (Å²) in [6, 6.07) is 9.70. The van der Waals surface area contributed by atoms with E-state index in [1.807, 2.05) is 32.0 Å². The number of hydrogen-bond donors (Lipinski definition) is 1. The van der Waals surface area contributed by atoms with Gasteiger partial charge in [0.05, 0.1) is 11.5 Å². The molecule has 0 saturated heterocycles. The van der Waals surface area contributed by atoms with Crippen molar-refractivity contribution in [3.05, 3.63) is 68.2 Å². The zero-order valence-electron chi connectivity index (χ0n) is 13.3. The van der Waals surface area contributed by atoms with Crippen LogP contribution in [0.2, 0.25) is 5.02 Å². The zero-order valence-corrected chi connectivity index (χ0v) is 14.1. The van der Waals surface area contributed by atoms with E-state index in [1.54, 1.807) is 0 Å². The third-order valence-corrected chi connectivity index (χ3v) is 3.49. The van der Waals surface area contributed by atoms with E-state index in [0.717, 1.165) is 16.9 Å². The number of nitro benzene ring substituents is 1. The summed E-state index contributed by atoms with van der Waals surface area (Å²) >= 11 is 5.81. The molecule has 0 aliphatic rings. The molecule has 1 amide bonds. The molecule has 0 spiro atoms. The topological polar surface area (TPSA) is 81.5 Å². The standard InChI is InChI=1S/C17H17ClN2O4/c1-11-7-12(2)9-14(8-11)24-6-5-19-17(21)15-10-13(18)3-4-16(15)20(22)23/h3-4,7-10H,5-6H2,1-2H3,(H,19,21). The normalized spacial score (nSPS) is 10.3. The quantitative estimate of drug-likeness (QED) is 0.490. The number of halogens is 1. The number of aryl methyl sites for hydroxylation is 2. The highest BCUT2D eigenvalue weighted by Crippen LogP contribution is 2.22. The molecule has 7 heteroatoms. The molecule has 126 valence electrons. The number of nitro groups is 1. The van der Waals surface area contributed by atoms with Crippen molar-refractivity contribution in [1.29, 1.82) is 0 Å². The molecule has 0 aliphatic heterocycles. The molecule has 0 heterocycles. The Morgan fingerprint density at radius 1 is 1.21 bits per heavy atom. The summed E-state index contributed by atoms with van der Waals surface area (Å²) in [7, 11) is 0. The van der Waals surface area contributed by atoms with Gasteiger partial charge in [0.15, 0.2) is 0 Å². The third kappa shape index (κ3) is 4.70. The second-order valence-corrected chi connectivity index (χ2v) is 5.78. The Kier molecular flexibility index (Phi) is 5.76. The van der Waals surface area contributed by atoms with Gasteiger partial charge in [0, 0.05) is 11.1 Å². The molecule has 0 atom stereocenters. The van der Waals surface area contributed by atoms with Crippen molar-refractivity contribution in [3.63, 3.8) is 0 Å². The lowest BCUT2D eigenvalue weighted by atomic mass is 10.1. The van der Waals surface area contributed by atoms with Gasteiger partial charge in [0.2, 0.25) is 0 Å². The van der Waals surface area contributed by atoms with E-state index in [0.29, 0.717) is 0 Å². The largest absolute Gasteiger partial charge is 0.492 e. The van der Waals surface area contributed by atoms with Crippen LogP contribution in [0.15, 0.2) is 36.4 Å². The maximum absolute atomic E-state index is 12.1. The van der Waals surface area contributed by atoms with Crippen LogP contribution >= 0.6 is 11.6 Å². The Labute approximate surface area is 144 Å². The van der Waals surface area contributed by atoms with Gasteiger partial charge >= 0.3 is 0 Å². The third-order valence-electron chi connectivity index (χ3n) is 3.25. The summed E-state index contributed by atoms with van der Waals surface area (Å²) in [5, 5.41) is 13.8. The molecule has 0 saturated carbocycles. The van der Waals surface area contributed by atoms with Gasteiger partial charge in [0.25, 0.3) is 11.6 Å². The highest BCUT2D eigenvalue weighted by Gasteiger charge is 2.20. The fourth-order valence-electron chi connectivity index (χ4n) is 2.29. The van der Waals surface area contributed by atoms with Gasteiger partial charge in [-0.25, -0.2) is 0 Å². The fourth-order valence-corrected chi connectivity index (χ4v) is 2.47. The zero-order chi connectivity index (χ0) is 17.7. The highest BCUT2D eigenvalue weighted by atomic mass is 35.5. The van der Waals surface area contributed by atoms with Gasteiger partial charge in [-0.1, -0.05) is 17.7 Å². The molecular formula is C17H17ClN2O4. The van der Waals surface area contributed by atoms with Gasteiger partial charge in [-0.3, -0.25) is 14.9 Å². The van der Waals surface area contributed by atoms with E-state index in [9.17, 15) is 14.9 Å². The van der Waals surface area contributed by atoms with E-state index in [2.05, 4.69) is 5.32 Å². The Bertz CT molecular complexity index is 757. The van der Waals surface area contributed by atoms with E-state index in [1.165, 1.54) is 18.2 Å². The first-order chi connectivity index (χ1) is 11.4. The average molecular weight is 349 g/mol. The molecule has 2 aromatic rings. The Morgan fingerprint density at radius 3 is 2.50 bits per heavy atom. The molecule has 2 rings (SSSR count). The summed E-state index contributed by atoms with van der Waals surface area (Å²) in [5.74, 6) is 0.156. The molecule has 0 aliphatic carbocycles. The van der Waals surface area contributed by atoms with E-state index >= 15 is 0 Å². The number of ether oxygens (including phenoxy) is 1. The van der Waals surface area contributed by atoms with Crippen molar-refractivity contribution in [3.8, 4) is 5.75 Å². The van der Waals surface area contributed by atoms with Crippen LogP contribution in [-0.2, 0) is 0 Å². The van der Waals surface area contributed by atoms with Gasteiger partial charge in [-0.2, -0.15) is 0 Å². The molecular weight excluding hydrogens is 332 g/mol. The Hall–Kier alpha value is -2.60. The van der Waals surface area contributed by atoms with Crippen LogP contribution in [0.5, 0.6) is 5.75 Å². The number of nitrogens with zero attached hydrogens (tertiary/aromatic N) is 1. The molecule has 1 N–H and O–H groups in total. The summed E-state index contributed by atoms with van der Waals surface area (Å²) in [6.45, 7) is 4.41. The van der Waals surface area contributed by atoms with Crippen LogP contribution in [0, 0.1) is 24.0 Å². The number of benzene rings is 2. The lowest BCUT2D eigenvalue weighted by molar-refractivity contribution is -0.385. The number of hydrogen-bond acceptors (Lipinski definition) is 4. The first-order valence-electron chi connectivity index (χ1n) is 7.30. The second-order valence-electron chi connectivity index (χ2n) is 5.35. The van der Waals surface area contributed by atoms with Crippen molar-refractivity contribution >= 4 is 23.2 Å². The van der Waals surface area contributed by atoms with E-state index in [4.69, 9.17) is 16.3 Å². The Morgan fingerprint density at radius 2 is 1.88 bits per heavy atom. The van der Waals surface area contributed by atoms with Crippen molar-refractivity contribution in [2.45, 2.75) is 13.8 Å². The number of amides is 1. The minimum Gasteiger partial charge on any atom is -0.492 e. The predicted octanol–water partition coefficient (Wildman–Crippen LogP) is 3.67. The SMILES string of the molecule is Cc1cc(C)cc(OCCNC(=O)c2cc(Cl)ccc2[N+](=O)[O-])c1. The van der Waals surface area contributed by atoms with Crippen LogP contribution in [0.3, 0.4) is 0 Å². The summed E-state index contributed by atoms with van der Waals surface area (Å²) in [6.07, 6.45) is 0. The van der Waals surface area contributed by atoms with Crippen LogP contribution in [0.1, 0.15) is 21.5 Å². The smallest absolute Gasteiger partial charge is 0.282 e. The summed E-state index contributed by atoms with van der Waals surface area (Å²) in [4.78, 5) is 22.5. The first kappa shape index (κ1) is 17.7. The van der Waals surface area contributed by atoms with Crippen LogP contribution in [0.4, 0.5) is 5.69 Å². The van der Waals surface area contributed by atoms with Crippen LogP contribution in [-0.4, -0.2) is 24.0 Å². The minimum atomic E-state index is -0.614. The predicted molar refractivity (Wildman–Crippen MR) is 91.9 cm³/mol. The molecule has 0 fully saturated rings. The van der Waals surface area contributed by atoms with Crippen molar-refractivity contribution in [2.75, 3.05) is 13.2 Å². The molecule has 0 bridgehead atoms. The monoisotopic (exact) mass is 348 g/mol. The van der Waals surface area contributed by atoms with Crippen molar-refractivity contribution in [1.82, 2.24) is 5.32 Å². The molecule has 2 aromatic carbocycles. The lowest BCUT2D eigenvalue weighted by Crippen LogP contribution is -2.28. The summed E-state index contributed by atoms with van der Waals surface area (Å²) < 4.78 is 5.58. The maximum atomic E-state index is 12.1. The molecule has 0 aromatic heterocycles. The molecule has 24 heavy (non-hydrogen) atoms. The first-order valence-corrected chi connectivity index (χ1v) is 7.68. The van der Waals surface area contributed by atoms with Crippen molar-refractivity contribution in [2.24, 2.45) is 0 Å². The van der Waals surface area contributed by atoms with Crippen LogP contribution < -0.4 is 10.1 Å². The maximum Gasteiger partial charge on any atom is 0.282 e. The number of rotatable bonds is 6. The fraction of sp³-hybridized carbons (Fsp3) is 0.235. The average Bonchev–Trinajstić information content (AvgIpc) is 2.50. The number of carbonyl (C=O) groups is 1. The van der Waals surface area contributed by atoms with Gasteiger partial charge in [-0.15, -0.1) is 0 Å². The van der Waals surface area contributed by atoms with Gasteiger partial charge < -0.3 is 10.1 Å². The van der Waals surface area contributed by atoms with Gasteiger partial charge in [-0.05, 0) is 49.2 Å². The lowest BCUT2D eigenvalue weighted by Gasteiger charge is -2.09. The minimum absolute atomic E-state index is 0.0705.